The molecule has 0 unspecified atom stereocenters. The van der Waals surface area contributed by atoms with Gasteiger partial charge in [0.15, 0.2) is 0 Å². The molecule has 0 aliphatic carbocycles. The van der Waals surface area contributed by atoms with Crippen LogP contribution >= 0.6 is 0 Å². The van der Waals surface area contributed by atoms with E-state index in [1.54, 1.807) is 11.0 Å². The van der Waals surface area contributed by atoms with Gasteiger partial charge in [0.2, 0.25) is 0 Å². The molecule has 3 aromatic rings. The van der Waals surface area contributed by atoms with Crippen LogP contribution < -0.4 is 5.73 Å². The number of aromatic nitrogens is 6. The van der Waals surface area contributed by atoms with E-state index in [1.165, 1.54) is 11.9 Å². The molecule has 0 amide bonds. The molecular weight excluding hydrogens is 254 g/mol. The molecule has 20 heavy (non-hydrogen) atoms. The molecule has 0 spiro atoms. The lowest BCUT2D eigenvalue weighted by Crippen LogP contribution is -2.02. The first-order valence-corrected chi connectivity index (χ1v) is 6.35. The second-order valence-corrected chi connectivity index (χ2v) is 4.56. The molecule has 0 saturated heterocycles. The van der Waals surface area contributed by atoms with E-state index in [0.29, 0.717) is 6.54 Å². The molecule has 0 bridgehead atoms. The van der Waals surface area contributed by atoms with Crippen LogP contribution in [-0.4, -0.2) is 29.8 Å². The van der Waals surface area contributed by atoms with Crippen LogP contribution in [0.25, 0.3) is 0 Å². The summed E-state index contributed by atoms with van der Waals surface area (Å²) in [5.41, 5.74) is 8.54. The summed E-state index contributed by atoms with van der Waals surface area (Å²) in [6, 6.07) is 7.88. The predicted octanol–water partition coefficient (Wildman–Crippen LogP) is 0.743. The number of anilines is 1. The fourth-order valence-electron chi connectivity index (χ4n) is 1.93. The molecule has 0 atom stereocenters. The lowest BCUT2D eigenvalue weighted by atomic mass is 10.1. The van der Waals surface area contributed by atoms with Crippen molar-refractivity contribution < 1.29 is 0 Å². The highest BCUT2D eigenvalue weighted by molar-refractivity contribution is 5.39. The summed E-state index contributed by atoms with van der Waals surface area (Å²) >= 11 is 0. The maximum Gasteiger partial charge on any atom is 0.137 e. The molecular formula is C13H15N7. The topological polar surface area (TPSA) is 87.4 Å². The third-order valence-electron chi connectivity index (χ3n) is 2.99. The molecule has 1 aromatic carbocycles. The number of rotatable bonds is 5. The number of nitrogens with zero attached hydrogens (tertiary/aromatic N) is 6. The minimum Gasteiger partial charge on any atom is -0.399 e. The van der Waals surface area contributed by atoms with Crippen LogP contribution in [0, 0.1) is 0 Å². The highest BCUT2D eigenvalue weighted by Crippen LogP contribution is 2.07. The first-order chi connectivity index (χ1) is 9.79. The Morgan fingerprint density at radius 1 is 1.10 bits per heavy atom. The van der Waals surface area contributed by atoms with Crippen LogP contribution in [-0.2, 0) is 19.5 Å². The van der Waals surface area contributed by atoms with Gasteiger partial charge in [-0.15, -0.1) is 5.10 Å². The van der Waals surface area contributed by atoms with Crippen LogP contribution in [0.4, 0.5) is 5.69 Å². The third-order valence-corrected chi connectivity index (χ3v) is 2.99. The van der Waals surface area contributed by atoms with Crippen molar-refractivity contribution in [2.24, 2.45) is 0 Å². The second-order valence-electron chi connectivity index (χ2n) is 4.56. The Hall–Kier alpha value is -2.70. The summed E-state index contributed by atoms with van der Waals surface area (Å²) in [6.07, 6.45) is 5.99. The van der Waals surface area contributed by atoms with Gasteiger partial charge in [-0.1, -0.05) is 17.3 Å². The summed E-state index contributed by atoms with van der Waals surface area (Å²) in [4.78, 5) is 3.89. The Labute approximate surface area is 116 Å². The first kappa shape index (κ1) is 12.3. The van der Waals surface area contributed by atoms with E-state index in [1.807, 2.05) is 35.1 Å². The normalized spacial score (nSPS) is 10.8. The SMILES string of the molecule is Nc1ccc(CCn2cc(Cn3cncn3)nn2)cc1. The Morgan fingerprint density at radius 3 is 2.70 bits per heavy atom. The predicted molar refractivity (Wildman–Crippen MR) is 73.7 cm³/mol. The van der Waals surface area contributed by atoms with Gasteiger partial charge < -0.3 is 5.73 Å². The number of benzene rings is 1. The van der Waals surface area contributed by atoms with Gasteiger partial charge in [0.1, 0.15) is 18.3 Å². The number of hydrogen-bond acceptors (Lipinski definition) is 5. The first-order valence-electron chi connectivity index (χ1n) is 6.35. The van der Waals surface area contributed by atoms with E-state index >= 15 is 0 Å². The summed E-state index contributed by atoms with van der Waals surface area (Å²) in [6.45, 7) is 1.37. The number of aryl methyl sites for hydroxylation is 2. The van der Waals surface area contributed by atoms with Gasteiger partial charge in [-0.05, 0) is 24.1 Å². The quantitative estimate of drug-likeness (QED) is 0.690. The fourth-order valence-corrected chi connectivity index (χ4v) is 1.93. The zero-order chi connectivity index (χ0) is 13.8. The molecule has 0 fully saturated rings. The summed E-state index contributed by atoms with van der Waals surface area (Å²) in [5.74, 6) is 0. The van der Waals surface area contributed by atoms with Crippen LogP contribution in [0.15, 0.2) is 43.1 Å². The molecule has 2 aromatic heterocycles. The van der Waals surface area contributed by atoms with Crippen molar-refractivity contribution in [1.29, 1.82) is 0 Å². The molecule has 3 rings (SSSR count). The van der Waals surface area contributed by atoms with Gasteiger partial charge >= 0.3 is 0 Å². The number of nitrogen functional groups attached to an aromatic ring is 1. The average Bonchev–Trinajstić information content (AvgIpc) is 3.11. The largest absolute Gasteiger partial charge is 0.399 e. The van der Waals surface area contributed by atoms with Gasteiger partial charge in [-0.2, -0.15) is 5.10 Å². The van der Waals surface area contributed by atoms with E-state index in [-0.39, 0.29) is 0 Å². The number of hydrogen-bond donors (Lipinski definition) is 1. The van der Waals surface area contributed by atoms with Crippen LogP contribution in [0.5, 0.6) is 0 Å². The monoisotopic (exact) mass is 269 g/mol. The fraction of sp³-hybridized carbons (Fsp3) is 0.231. The summed E-state index contributed by atoms with van der Waals surface area (Å²) < 4.78 is 3.55. The van der Waals surface area contributed by atoms with Crippen molar-refractivity contribution in [2.75, 3.05) is 5.73 Å². The molecule has 102 valence electrons. The van der Waals surface area contributed by atoms with E-state index in [4.69, 9.17) is 5.73 Å². The highest BCUT2D eigenvalue weighted by Gasteiger charge is 2.02. The van der Waals surface area contributed by atoms with Crippen molar-refractivity contribution in [2.45, 2.75) is 19.5 Å². The Balaban J connectivity index is 1.58. The minimum atomic E-state index is 0.585. The van der Waals surface area contributed by atoms with E-state index in [2.05, 4.69) is 20.4 Å². The van der Waals surface area contributed by atoms with Gasteiger partial charge in [-0.3, -0.25) is 4.68 Å². The highest BCUT2D eigenvalue weighted by atomic mass is 15.4. The molecule has 0 radical (unpaired) electrons. The molecule has 7 nitrogen and oxygen atoms in total. The van der Waals surface area contributed by atoms with Gasteiger partial charge in [-0.25, -0.2) is 9.67 Å². The third kappa shape index (κ3) is 3.00. The average molecular weight is 269 g/mol. The van der Waals surface area contributed by atoms with Crippen LogP contribution in [0.1, 0.15) is 11.3 Å². The summed E-state index contributed by atoms with van der Waals surface area (Å²) in [7, 11) is 0. The van der Waals surface area contributed by atoms with Crippen molar-refractivity contribution in [3.8, 4) is 0 Å². The molecule has 0 aliphatic rings. The second kappa shape index (κ2) is 5.52. The maximum absolute atomic E-state index is 5.66. The standard InChI is InChI=1S/C13H15N7/c14-12-3-1-11(2-4-12)5-6-19-7-13(17-18-19)8-20-10-15-9-16-20/h1-4,7,9-10H,5-6,8,14H2. The molecule has 2 N–H and O–H groups in total. The zero-order valence-electron chi connectivity index (χ0n) is 10.9. The van der Waals surface area contributed by atoms with Crippen molar-refractivity contribution in [3.63, 3.8) is 0 Å². The summed E-state index contributed by atoms with van der Waals surface area (Å²) in [5, 5.41) is 12.3. The van der Waals surface area contributed by atoms with Gasteiger partial charge in [0, 0.05) is 12.2 Å². The van der Waals surface area contributed by atoms with E-state index in [0.717, 1.165) is 24.3 Å². The zero-order valence-corrected chi connectivity index (χ0v) is 10.9. The smallest absolute Gasteiger partial charge is 0.137 e. The van der Waals surface area contributed by atoms with Crippen molar-refractivity contribution in [1.82, 2.24) is 29.8 Å². The molecule has 0 aliphatic heterocycles. The molecule has 7 heteroatoms. The Bertz CT molecular complexity index is 654. The van der Waals surface area contributed by atoms with E-state index in [9.17, 15) is 0 Å². The van der Waals surface area contributed by atoms with Gasteiger partial charge in [0.05, 0.1) is 12.7 Å². The van der Waals surface area contributed by atoms with E-state index < -0.39 is 0 Å². The number of nitrogens with two attached hydrogens (primary N) is 1. The van der Waals surface area contributed by atoms with Crippen LogP contribution in [0.3, 0.4) is 0 Å². The lowest BCUT2D eigenvalue weighted by molar-refractivity contribution is 0.589. The van der Waals surface area contributed by atoms with Crippen molar-refractivity contribution in [3.05, 3.63) is 54.4 Å². The Kier molecular flexibility index (Phi) is 3.40. The Morgan fingerprint density at radius 2 is 1.95 bits per heavy atom. The molecule has 0 saturated carbocycles. The lowest BCUT2D eigenvalue weighted by Gasteiger charge is -2.01. The minimum absolute atomic E-state index is 0.585. The van der Waals surface area contributed by atoms with Gasteiger partial charge in [0.25, 0.3) is 0 Å². The van der Waals surface area contributed by atoms with Crippen LogP contribution in [0.2, 0.25) is 0 Å². The van der Waals surface area contributed by atoms with Crippen molar-refractivity contribution >= 4 is 5.69 Å². The maximum atomic E-state index is 5.66. The molecule has 2 heterocycles.